The molecule has 0 aliphatic rings. The molecule has 0 bridgehead atoms. The highest BCUT2D eigenvalue weighted by molar-refractivity contribution is 6.10. The van der Waals surface area contributed by atoms with Crippen LogP contribution in [0.25, 0.3) is 17.1 Å². The number of fused-ring (bicyclic) bond motifs is 1. The van der Waals surface area contributed by atoms with Gasteiger partial charge in [0.1, 0.15) is 11.6 Å². The van der Waals surface area contributed by atoms with Gasteiger partial charge in [-0.15, -0.1) is 0 Å². The van der Waals surface area contributed by atoms with Crippen LogP contribution >= 0.6 is 0 Å². The lowest BCUT2D eigenvalue weighted by molar-refractivity contribution is -0.112. The fourth-order valence-corrected chi connectivity index (χ4v) is 3.82. The lowest BCUT2D eigenvalue weighted by Crippen LogP contribution is -2.14. The number of hydrogen-bond acceptors (Lipinski definition) is 5. The first kappa shape index (κ1) is 21.3. The number of amides is 1. The maximum atomic E-state index is 12.7. The molecule has 1 unspecified atom stereocenters. The number of hydrogen-bond donors (Lipinski definition) is 1. The summed E-state index contributed by atoms with van der Waals surface area (Å²) in [5.41, 5.74) is 4.96. The van der Waals surface area contributed by atoms with Gasteiger partial charge in [0.25, 0.3) is 5.91 Å². The van der Waals surface area contributed by atoms with Crippen LogP contribution in [0, 0.1) is 32.1 Å². The Morgan fingerprint density at radius 2 is 2.10 bits per heavy atom. The van der Waals surface area contributed by atoms with Crippen LogP contribution in [0.1, 0.15) is 35.6 Å². The molecule has 0 radical (unpaired) electrons. The number of pyridine rings is 1. The largest absolute Gasteiger partial charge is 0.383 e. The van der Waals surface area contributed by atoms with Gasteiger partial charge >= 0.3 is 0 Å². The van der Waals surface area contributed by atoms with Crippen LogP contribution in [0.2, 0.25) is 0 Å². The normalized spacial score (nSPS) is 12.8. The summed E-state index contributed by atoms with van der Waals surface area (Å²) in [6.45, 7) is 8.50. The summed E-state index contributed by atoms with van der Waals surface area (Å²) in [4.78, 5) is 17.1. The first-order valence-corrected chi connectivity index (χ1v) is 9.66. The molecule has 0 aliphatic heterocycles. The molecule has 0 fully saturated rings. The minimum atomic E-state index is -0.477. The van der Waals surface area contributed by atoms with Gasteiger partial charge in [0.15, 0.2) is 5.65 Å². The second-order valence-corrected chi connectivity index (χ2v) is 7.43. The zero-order valence-electron chi connectivity index (χ0n) is 18.1. The summed E-state index contributed by atoms with van der Waals surface area (Å²) in [5.74, 6) is -0.477. The maximum absolute atomic E-state index is 12.7. The van der Waals surface area contributed by atoms with Gasteiger partial charge in [-0.1, -0.05) is 0 Å². The molecule has 0 spiro atoms. The van der Waals surface area contributed by atoms with E-state index in [2.05, 4.69) is 26.9 Å². The van der Waals surface area contributed by atoms with Gasteiger partial charge in [-0.05, 0) is 51.5 Å². The molecule has 156 valence electrons. The van der Waals surface area contributed by atoms with Crippen molar-refractivity contribution in [1.82, 2.24) is 19.3 Å². The number of aromatic nitrogens is 4. The van der Waals surface area contributed by atoms with Crippen LogP contribution in [-0.2, 0) is 16.6 Å². The molecule has 1 N–H and O–H groups in total. The first-order valence-electron chi connectivity index (χ1n) is 9.66. The third kappa shape index (κ3) is 3.98. The molecular formula is C22H26N6O2. The maximum Gasteiger partial charge on any atom is 0.266 e. The van der Waals surface area contributed by atoms with Gasteiger partial charge in [0, 0.05) is 30.9 Å². The molecule has 0 saturated carbocycles. The van der Waals surface area contributed by atoms with Crippen molar-refractivity contribution in [2.45, 2.75) is 33.7 Å². The van der Waals surface area contributed by atoms with E-state index in [4.69, 9.17) is 4.74 Å². The van der Waals surface area contributed by atoms with Gasteiger partial charge in [0.2, 0.25) is 0 Å². The molecule has 1 amide bonds. The van der Waals surface area contributed by atoms with E-state index in [1.807, 2.05) is 46.0 Å². The van der Waals surface area contributed by atoms with Crippen LogP contribution in [0.5, 0.6) is 0 Å². The lowest BCUT2D eigenvalue weighted by atomic mass is 10.1. The Balaban J connectivity index is 1.88. The van der Waals surface area contributed by atoms with E-state index in [1.165, 1.54) is 0 Å². The smallest absolute Gasteiger partial charge is 0.266 e. The van der Waals surface area contributed by atoms with E-state index in [1.54, 1.807) is 24.1 Å². The van der Waals surface area contributed by atoms with Gasteiger partial charge in [-0.25, -0.2) is 4.98 Å². The first-order chi connectivity index (χ1) is 14.3. The second-order valence-electron chi connectivity index (χ2n) is 7.43. The molecule has 3 heterocycles. The number of nitrogens with zero attached hydrogens (tertiary/aromatic N) is 5. The molecule has 30 heavy (non-hydrogen) atoms. The van der Waals surface area contributed by atoms with Crippen molar-refractivity contribution in [2.75, 3.05) is 19.0 Å². The average molecular weight is 406 g/mol. The fourth-order valence-electron chi connectivity index (χ4n) is 3.82. The Bertz CT molecular complexity index is 1180. The number of nitrogens with one attached hydrogen (secondary N) is 1. The van der Waals surface area contributed by atoms with Crippen LogP contribution < -0.4 is 5.32 Å². The minimum absolute atomic E-state index is 0.0256. The number of nitriles is 1. The molecule has 3 aromatic heterocycles. The van der Waals surface area contributed by atoms with Crippen LogP contribution in [0.15, 0.2) is 23.9 Å². The van der Waals surface area contributed by atoms with Crippen molar-refractivity contribution < 1.29 is 9.53 Å². The zero-order chi connectivity index (χ0) is 22.0. The molecule has 8 nitrogen and oxygen atoms in total. The van der Waals surface area contributed by atoms with Crippen molar-refractivity contribution >= 4 is 28.7 Å². The van der Waals surface area contributed by atoms with Crippen molar-refractivity contribution in [2.24, 2.45) is 7.05 Å². The summed E-state index contributed by atoms with van der Waals surface area (Å²) in [6.07, 6.45) is 3.18. The van der Waals surface area contributed by atoms with Crippen molar-refractivity contribution in [3.63, 3.8) is 0 Å². The molecule has 3 aromatic rings. The number of rotatable bonds is 6. The zero-order valence-corrected chi connectivity index (χ0v) is 18.1. The Morgan fingerprint density at radius 3 is 2.77 bits per heavy atom. The molecule has 8 heteroatoms. The summed E-state index contributed by atoms with van der Waals surface area (Å²) < 4.78 is 9.10. The highest BCUT2D eigenvalue weighted by atomic mass is 16.5. The van der Waals surface area contributed by atoms with Crippen molar-refractivity contribution in [3.8, 4) is 6.07 Å². The standard InChI is InChI=1S/C22H26N6O2/c1-13-7-17(16(4)28(13)14(2)12-30-6)8-18(10-23)22(29)25-19-9-20-15(3)26-27(5)21(20)24-11-19/h7-9,11,14H,12H2,1-6H3,(H,25,29)/b18-8+. The fraction of sp³-hybridized carbons (Fsp3) is 0.364. The van der Waals surface area contributed by atoms with Gasteiger partial charge in [-0.2, -0.15) is 10.4 Å². The number of anilines is 1. The van der Waals surface area contributed by atoms with Crippen LogP contribution in [-0.4, -0.2) is 39.0 Å². The molecule has 0 saturated heterocycles. The van der Waals surface area contributed by atoms with E-state index in [0.29, 0.717) is 12.3 Å². The van der Waals surface area contributed by atoms with Crippen molar-refractivity contribution in [1.29, 1.82) is 5.26 Å². The monoisotopic (exact) mass is 406 g/mol. The van der Waals surface area contributed by atoms with E-state index in [9.17, 15) is 10.1 Å². The topological polar surface area (TPSA) is 97.8 Å². The second kappa shape index (κ2) is 8.51. The Kier molecular flexibility index (Phi) is 6.04. The average Bonchev–Trinajstić information content (AvgIpc) is 3.14. The van der Waals surface area contributed by atoms with Crippen molar-refractivity contribution in [3.05, 3.63) is 46.5 Å². The number of ether oxygens (including phenoxy) is 1. The van der Waals surface area contributed by atoms with Crippen LogP contribution in [0.3, 0.4) is 0 Å². The van der Waals surface area contributed by atoms with Gasteiger partial charge in [0.05, 0.1) is 30.2 Å². The van der Waals surface area contributed by atoms with Gasteiger partial charge in [-0.3, -0.25) is 9.48 Å². The third-order valence-corrected chi connectivity index (χ3v) is 5.16. The summed E-state index contributed by atoms with van der Waals surface area (Å²) >= 11 is 0. The minimum Gasteiger partial charge on any atom is -0.383 e. The Labute approximate surface area is 175 Å². The highest BCUT2D eigenvalue weighted by Crippen LogP contribution is 2.24. The highest BCUT2D eigenvalue weighted by Gasteiger charge is 2.16. The van der Waals surface area contributed by atoms with E-state index in [0.717, 1.165) is 33.7 Å². The van der Waals surface area contributed by atoms with Gasteiger partial charge < -0.3 is 14.6 Å². The third-order valence-electron chi connectivity index (χ3n) is 5.16. The number of carbonyl (C=O) groups is 1. The predicted molar refractivity (Wildman–Crippen MR) is 116 cm³/mol. The van der Waals surface area contributed by atoms with E-state index >= 15 is 0 Å². The summed E-state index contributed by atoms with van der Waals surface area (Å²) in [6, 6.07) is 5.95. The van der Waals surface area contributed by atoms with E-state index in [-0.39, 0.29) is 11.6 Å². The SMILES string of the molecule is COCC(C)n1c(C)cc(/C=C(\C#N)C(=O)Nc2cnc3c(c2)c(C)nn3C)c1C. The number of aryl methyl sites for hydroxylation is 3. The Morgan fingerprint density at radius 1 is 1.37 bits per heavy atom. The molecule has 3 rings (SSSR count). The molecule has 1 atom stereocenters. The van der Waals surface area contributed by atoms with E-state index < -0.39 is 5.91 Å². The van der Waals surface area contributed by atoms with Crippen LogP contribution in [0.4, 0.5) is 5.69 Å². The number of methoxy groups -OCH3 is 1. The summed E-state index contributed by atoms with van der Waals surface area (Å²) in [7, 11) is 3.49. The predicted octanol–water partition coefficient (Wildman–Crippen LogP) is 3.45. The molecule has 0 aromatic carbocycles. The molecule has 0 aliphatic carbocycles. The molecular weight excluding hydrogens is 380 g/mol. The number of carbonyl (C=O) groups excluding carboxylic acids is 1. The quantitative estimate of drug-likeness (QED) is 0.499. The lowest BCUT2D eigenvalue weighted by Gasteiger charge is -2.17. The summed E-state index contributed by atoms with van der Waals surface area (Å²) in [5, 5.41) is 17.5. The Hall–Kier alpha value is -3.44.